The van der Waals surface area contributed by atoms with Crippen molar-refractivity contribution >= 4 is 28.7 Å². The van der Waals surface area contributed by atoms with Crippen molar-refractivity contribution in [3.8, 4) is 16.9 Å². The maximum atomic E-state index is 12.8. The first kappa shape index (κ1) is 31.6. The Labute approximate surface area is 262 Å². The zero-order chi connectivity index (χ0) is 32.3. The molecule has 0 bridgehead atoms. The van der Waals surface area contributed by atoms with Crippen molar-refractivity contribution in [1.29, 1.82) is 0 Å². The van der Waals surface area contributed by atoms with E-state index in [-0.39, 0.29) is 18.6 Å². The normalized spacial score (nSPS) is 15.5. The number of carboxylic acid groups (broad SMARTS) is 1. The number of nitrogen functional groups attached to an aromatic ring is 1. The highest BCUT2D eigenvalue weighted by Crippen LogP contribution is 2.40. The molecule has 1 saturated heterocycles. The second-order valence-electron chi connectivity index (χ2n) is 12.4. The summed E-state index contributed by atoms with van der Waals surface area (Å²) < 4.78 is 9.92. The number of carbonyl (C=O) groups is 2. The molecular formula is C32H41N9O4. The van der Waals surface area contributed by atoms with E-state index in [0.717, 1.165) is 40.0 Å². The van der Waals surface area contributed by atoms with Gasteiger partial charge in [0, 0.05) is 43.5 Å². The van der Waals surface area contributed by atoms with Gasteiger partial charge in [-0.15, -0.1) is 5.10 Å². The van der Waals surface area contributed by atoms with Crippen molar-refractivity contribution in [3.05, 3.63) is 60.3 Å². The Kier molecular flexibility index (Phi) is 9.19. The van der Waals surface area contributed by atoms with Crippen LogP contribution < -0.4 is 10.5 Å². The van der Waals surface area contributed by atoms with E-state index >= 15 is 0 Å². The molecule has 0 saturated carbocycles. The van der Waals surface area contributed by atoms with Gasteiger partial charge in [-0.3, -0.25) is 9.59 Å². The third-order valence-electron chi connectivity index (χ3n) is 8.38. The van der Waals surface area contributed by atoms with Gasteiger partial charge in [-0.25, -0.2) is 14.6 Å². The van der Waals surface area contributed by atoms with Gasteiger partial charge in [0.15, 0.2) is 0 Å². The smallest absolute Gasteiger partial charge is 0.309 e. The van der Waals surface area contributed by atoms with Crippen LogP contribution in [0.25, 0.3) is 22.2 Å². The summed E-state index contributed by atoms with van der Waals surface area (Å²) in [5, 5.41) is 18.3. The number of benzene rings is 1. The summed E-state index contributed by atoms with van der Waals surface area (Å²) in [6.45, 7) is 8.07. The molecule has 45 heavy (non-hydrogen) atoms. The van der Waals surface area contributed by atoms with Crippen molar-refractivity contribution < 1.29 is 19.4 Å². The van der Waals surface area contributed by atoms with Crippen molar-refractivity contribution in [2.45, 2.75) is 52.8 Å². The minimum Gasteiger partial charge on any atom is -0.487 e. The molecule has 1 aliphatic rings. The van der Waals surface area contributed by atoms with Crippen LogP contribution in [0.2, 0.25) is 0 Å². The number of amides is 1. The van der Waals surface area contributed by atoms with Crippen LogP contribution in [0.15, 0.2) is 48.9 Å². The lowest BCUT2D eigenvalue weighted by Gasteiger charge is -2.19. The van der Waals surface area contributed by atoms with Crippen LogP contribution in [0, 0.1) is 12.3 Å². The van der Waals surface area contributed by atoms with Gasteiger partial charge in [0.1, 0.15) is 30.1 Å². The number of likely N-dealkylation sites (N-methyl/N-ethyl adjacent to an activating group) is 1. The number of likely N-dealkylation sites (tertiary alicyclic amines) is 1. The molecule has 238 valence electrons. The van der Waals surface area contributed by atoms with Crippen LogP contribution in [-0.2, 0) is 22.7 Å². The number of fused-ring (bicyclic) bond motifs is 1. The molecule has 13 nitrogen and oxygen atoms in total. The molecule has 4 heterocycles. The van der Waals surface area contributed by atoms with E-state index in [2.05, 4.69) is 31.8 Å². The SMILES string of the molecule is Cc1c(-c2ccc(OCc3cnnn3CCC(C)(C)C(=O)O)cc2)c2c(N)ncnc2n1[C@@H]1CCN(C(=O)/C=C/CN(C)C)C1. The maximum absolute atomic E-state index is 12.8. The number of hydrogen-bond donors (Lipinski definition) is 2. The summed E-state index contributed by atoms with van der Waals surface area (Å²) >= 11 is 0. The number of nitrogens with two attached hydrogens (primary N) is 1. The fourth-order valence-electron chi connectivity index (χ4n) is 5.64. The summed E-state index contributed by atoms with van der Waals surface area (Å²) in [4.78, 5) is 37.1. The quantitative estimate of drug-likeness (QED) is 0.226. The van der Waals surface area contributed by atoms with Crippen molar-refractivity contribution in [1.82, 2.24) is 39.3 Å². The highest BCUT2D eigenvalue weighted by Gasteiger charge is 2.31. The zero-order valence-corrected chi connectivity index (χ0v) is 26.5. The zero-order valence-electron chi connectivity index (χ0n) is 26.5. The van der Waals surface area contributed by atoms with Crippen molar-refractivity contribution in [2.75, 3.05) is 39.5 Å². The number of ether oxygens (including phenoxy) is 1. The number of carbonyl (C=O) groups excluding carboxylic acids is 1. The first-order valence-electron chi connectivity index (χ1n) is 15.0. The molecule has 1 atom stereocenters. The number of carboxylic acids is 1. The van der Waals surface area contributed by atoms with Crippen LogP contribution in [0.4, 0.5) is 5.82 Å². The molecule has 1 amide bonds. The van der Waals surface area contributed by atoms with E-state index in [1.165, 1.54) is 6.33 Å². The topological polar surface area (TPSA) is 158 Å². The molecule has 0 unspecified atom stereocenters. The number of aryl methyl sites for hydroxylation is 1. The molecule has 0 spiro atoms. The van der Waals surface area contributed by atoms with Crippen LogP contribution in [0.3, 0.4) is 0 Å². The Morgan fingerprint density at radius 2 is 1.96 bits per heavy atom. The van der Waals surface area contributed by atoms with Gasteiger partial charge in [0.25, 0.3) is 0 Å². The van der Waals surface area contributed by atoms with Gasteiger partial charge in [-0.1, -0.05) is 23.4 Å². The predicted octanol–water partition coefficient (Wildman–Crippen LogP) is 3.55. The number of nitrogens with zero attached hydrogens (tertiary/aromatic N) is 8. The second kappa shape index (κ2) is 13.1. The van der Waals surface area contributed by atoms with E-state index in [0.29, 0.717) is 44.2 Å². The van der Waals surface area contributed by atoms with E-state index in [1.807, 2.05) is 54.2 Å². The van der Waals surface area contributed by atoms with Gasteiger partial charge in [-0.05, 0) is 65.4 Å². The van der Waals surface area contributed by atoms with E-state index in [4.69, 9.17) is 10.5 Å². The van der Waals surface area contributed by atoms with Gasteiger partial charge in [0.2, 0.25) is 5.91 Å². The fraction of sp³-hybridized carbons (Fsp3) is 0.438. The summed E-state index contributed by atoms with van der Waals surface area (Å²) in [5.74, 6) is 0.231. The average Bonchev–Trinajstić information content (AvgIpc) is 3.73. The lowest BCUT2D eigenvalue weighted by atomic mass is 9.90. The van der Waals surface area contributed by atoms with Gasteiger partial charge in [0.05, 0.1) is 28.7 Å². The van der Waals surface area contributed by atoms with Crippen LogP contribution in [-0.4, -0.2) is 90.0 Å². The van der Waals surface area contributed by atoms with E-state index in [9.17, 15) is 14.7 Å². The molecule has 1 aliphatic heterocycles. The number of hydrogen-bond acceptors (Lipinski definition) is 9. The van der Waals surface area contributed by atoms with Crippen LogP contribution in [0.1, 0.15) is 44.1 Å². The number of aliphatic carboxylic acids is 1. The third-order valence-corrected chi connectivity index (χ3v) is 8.38. The van der Waals surface area contributed by atoms with Gasteiger partial charge in [-0.2, -0.15) is 0 Å². The van der Waals surface area contributed by atoms with Crippen LogP contribution in [0.5, 0.6) is 5.75 Å². The van der Waals surface area contributed by atoms with Crippen LogP contribution >= 0.6 is 0 Å². The molecule has 3 aromatic heterocycles. The molecule has 1 fully saturated rings. The minimum absolute atomic E-state index is 0.0151. The summed E-state index contributed by atoms with van der Waals surface area (Å²) in [6.07, 6.45) is 7.88. The average molecular weight is 616 g/mol. The highest BCUT2D eigenvalue weighted by molar-refractivity contribution is 6.02. The Bertz CT molecular complexity index is 1710. The minimum atomic E-state index is -0.868. The lowest BCUT2D eigenvalue weighted by molar-refractivity contribution is -0.147. The second-order valence-corrected chi connectivity index (χ2v) is 12.4. The molecular weight excluding hydrogens is 574 g/mol. The van der Waals surface area contributed by atoms with E-state index in [1.54, 1.807) is 30.8 Å². The first-order valence-corrected chi connectivity index (χ1v) is 15.0. The largest absolute Gasteiger partial charge is 0.487 e. The van der Waals surface area contributed by atoms with Gasteiger partial charge >= 0.3 is 5.97 Å². The molecule has 4 aromatic rings. The van der Waals surface area contributed by atoms with Crippen molar-refractivity contribution in [2.24, 2.45) is 5.41 Å². The summed E-state index contributed by atoms with van der Waals surface area (Å²) in [6, 6.07) is 7.83. The molecule has 1 aromatic carbocycles. The Hall–Kier alpha value is -4.78. The molecule has 5 rings (SSSR count). The highest BCUT2D eigenvalue weighted by atomic mass is 16.5. The Morgan fingerprint density at radius 3 is 2.67 bits per heavy atom. The first-order chi connectivity index (χ1) is 21.5. The molecule has 13 heteroatoms. The Balaban J connectivity index is 1.33. The monoisotopic (exact) mass is 615 g/mol. The number of aromatic nitrogens is 6. The summed E-state index contributed by atoms with van der Waals surface area (Å²) in [7, 11) is 3.94. The van der Waals surface area contributed by atoms with Crippen molar-refractivity contribution in [3.63, 3.8) is 0 Å². The number of rotatable bonds is 12. The number of anilines is 1. The Morgan fingerprint density at radius 1 is 1.20 bits per heavy atom. The molecule has 3 N–H and O–H groups in total. The van der Waals surface area contributed by atoms with Gasteiger partial charge < -0.3 is 29.9 Å². The third kappa shape index (κ3) is 6.83. The lowest BCUT2D eigenvalue weighted by Crippen LogP contribution is -2.27. The predicted molar refractivity (Wildman–Crippen MR) is 170 cm³/mol. The molecule has 0 aliphatic carbocycles. The maximum Gasteiger partial charge on any atom is 0.309 e. The summed E-state index contributed by atoms with van der Waals surface area (Å²) in [5.41, 5.74) is 9.98. The van der Waals surface area contributed by atoms with E-state index < -0.39 is 11.4 Å². The molecule has 0 radical (unpaired) electrons. The standard InChI is InChI=1S/C32H41N9O4/c1-21-27(22-8-10-25(11-9-22)45-19-24-17-36-37-40(24)16-13-32(2,3)31(43)44)28-29(33)34-20-35-30(28)41(21)23-12-15-39(18-23)26(42)7-6-14-38(4)5/h6-11,17,20,23H,12-16,18-19H2,1-5H3,(H,43,44)(H2,33,34,35)/b7-6+/t23-/m1/s1. The fourth-order valence-corrected chi connectivity index (χ4v) is 5.64.